The van der Waals surface area contributed by atoms with Crippen LogP contribution in [0.25, 0.3) is 10.6 Å². The number of amides is 2. The zero-order valence-electron chi connectivity index (χ0n) is 17.6. The molecule has 1 aliphatic rings. The monoisotopic (exact) mass is 440 g/mol. The Labute approximate surface area is 184 Å². The van der Waals surface area contributed by atoms with Crippen molar-refractivity contribution in [2.75, 3.05) is 32.3 Å². The van der Waals surface area contributed by atoms with E-state index < -0.39 is 5.54 Å². The predicted octanol–water partition coefficient (Wildman–Crippen LogP) is 2.80. The molecule has 1 aromatic carbocycles. The molecule has 2 amide bonds. The molecule has 2 aromatic heterocycles. The largest absolute Gasteiger partial charge is 0.497 e. The van der Waals surface area contributed by atoms with Crippen molar-refractivity contribution >= 4 is 28.8 Å². The molecule has 31 heavy (non-hydrogen) atoms. The lowest BCUT2D eigenvalue weighted by molar-refractivity contribution is -0.126. The second kappa shape index (κ2) is 8.52. The van der Waals surface area contributed by atoms with Crippen LogP contribution in [0.1, 0.15) is 17.4 Å². The molecule has 0 aliphatic carbocycles. The van der Waals surface area contributed by atoms with Crippen LogP contribution in [-0.4, -0.2) is 54.5 Å². The lowest BCUT2D eigenvalue weighted by Gasteiger charge is -2.43. The van der Waals surface area contributed by atoms with Gasteiger partial charge in [0.2, 0.25) is 5.91 Å². The van der Waals surface area contributed by atoms with E-state index in [0.29, 0.717) is 30.3 Å². The molecule has 8 nitrogen and oxygen atoms in total. The average molecular weight is 441 g/mol. The maximum atomic E-state index is 13.6. The van der Waals surface area contributed by atoms with Gasteiger partial charge in [-0.3, -0.25) is 19.2 Å². The number of benzene rings is 1. The lowest BCUT2D eigenvalue weighted by atomic mass is 9.94. The third-order valence-corrected chi connectivity index (χ3v) is 6.23. The van der Waals surface area contributed by atoms with Gasteiger partial charge in [0.05, 0.1) is 25.1 Å². The number of carbonyl (C=O) groups excluding carboxylic acids is 2. The van der Waals surface area contributed by atoms with Crippen LogP contribution in [-0.2, 0) is 16.1 Å². The number of rotatable bonds is 7. The first-order chi connectivity index (χ1) is 15.0. The van der Waals surface area contributed by atoms with Crippen molar-refractivity contribution in [2.45, 2.75) is 19.0 Å². The van der Waals surface area contributed by atoms with Crippen LogP contribution in [0.4, 0.5) is 5.69 Å². The van der Waals surface area contributed by atoms with Crippen LogP contribution in [0.2, 0.25) is 0 Å². The van der Waals surface area contributed by atoms with Crippen molar-refractivity contribution in [1.29, 1.82) is 0 Å². The number of carbonyl (C=O) groups is 2. The summed E-state index contributed by atoms with van der Waals surface area (Å²) in [5.74, 6) is 0.119. The molecule has 4 rings (SSSR count). The van der Waals surface area contributed by atoms with Gasteiger partial charge in [-0.25, -0.2) is 0 Å². The van der Waals surface area contributed by atoms with E-state index in [1.807, 2.05) is 17.5 Å². The number of nitrogens with one attached hydrogen (secondary N) is 1. The molecule has 0 bridgehead atoms. The van der Waals surface area contributed by atoms with Gasteiger partial charge < -0.3 is 14.8 Å². The molecular formula is C22H24N4O4S. The number of thiophene rings is 1. The molecule has 0 fully saturated rings. The highest BCUT2D eigenvalue weighted by atomic mass is 32.1. The van der Waals surface area contributed by atoms with Crippen LogP contribution in [0.15, 0.2) is 47.8 Å². The van der Waals surface area contributed by atoms with Crippen LogP contribution < -0.4 is 15.0 Å². The zero-order chi connectivity index (χ0) is 22.0. The first kappa shape index (κ1) is 21.1. The Kier molecular flexibility index (Phi) is 5.79. The van der Waals surface area contributed by atoms with Gasteiger partial charge in [-0.15, -0.1) is 11.3 Å². The van der Waals surface area contributed by atoms with Gasteiger partial charge in [0.25, 0.3) is 5.91 Å². The van der Waals surface area contributed by atoms with Gasteiger partial charge in [-0.1, -0.05) is 6.07 Å². The predicted molar refractivity (Wildman–Crippen MR) is 119 cm³/mol. The summed E-state index contributed by atoms with van der Waals surface area (Å²) in [6.45, 7) is 2.72. The summed E-state index contributed by atoms with van der Waals surface area (Å²) < 4.78 is 11.9. The van der Waals surface area contributed by atoms with Crippen molar-refractivity contribution < 1.29 is 19.1 Å². The lowest BCUT2D eigenvalue weighted by Crippen LogP contribution is -2.64. The molecular weight excluding hydrogens is 416 g/mol. The fraction of sp³-hybridized carbons (Fsp3) is 0.318. The van der Waals surface area contributed by atoms with Crippen LogP contribution in [0.5, 0.6) is 5.75 Å². The number of hydrogen-bond acceptors (Lipinski definition) is 6. The molecule has 9 heteroatoms. The number of anilines is 1. The number of ether oxygens (including phenoxy) is 2. The Bertz CT molecular complexity index is 1080. The van der Waals surface area contributed by atoms with E-state index in [2.05, 4.69) is 10.4 Å². The molecule has 0 radical (unpaired) electrons. The van der Waals surface area contributed by atoms with Crippen molar-refractivity contribution in [2.24, 2.45) is 0 Å². The minimum Gasteiger partial charge on any atom is -0.497 e. The number of hydrogen-bond donors (Lipinski definition) is 1. The van der Waals surface area contributed by atoms with E-state index in [4.69, 9.17) is 9.47 Å². The van der Waals surface area contributed by atoms with E-state index in [-0.39, 0.29) is 18.4 Å². The Hall–Kier alpha value is -3.17. The Morgan fingerprint density at radius 3 is 2.68 bits per heavy atom. The summed E-state index contributed by atoms with van der Waals surface area (Å²) in [4.78, 5) is 29.4. The third-order valence-electron chi connectivity index (χ3n) is 5.34. The smallest absolute Gasteiger partial charge is 0.277 e. The number of nitrogens with zero attached hydrogens (tertiary/aromatic N) is 3. The fourth-order valence-electron chi connectivity index (χ4n) is 3.72. The topological polar surface area (TPSA) is 85.7 Å². The molecule has 1 atom stereocenters. The summed E-state index contributed by atoms with van der Waals surface area (Å²) in [6.07, 6.45) is 0. The number of aromatic nitrogens is 2. The molecule has 162 valence electrons. The SMILES string of the molecule is COCCNC(=O)C1(C)Cn2nc(-c3cccs3)cc2C(=O)N1c1ccc(OC)cc1. The first-order valence-corrected chi connectivity index (χ1v) is 10.7. The molecule has 0 spiro atoms. The minimum absolute atomic E-state index is 0.226. The first-order valence-electron chi connectivity index (χ1n) is 9.85. The molecule has 3 heterocycles. The number of fused-ring (bicyclic) bond motifs is 1. The van der Waals surface area contributed by atoms with Gasteiger partial charge in [-0.05, 0) is 48.7 Å². The second-order valence-electron chi connectivity index (χ2n) is 7.41. The van der Waals surface area contributed by atoms with E-state index in [1.165, 1.54) is 0 Å². The van der Waals surface area contributed by atoms with Crippen molar-refractivity contribution in [3.8, 4) is 16.3 Å². The maximum Gasteiger partial charge on any atom is 0.277 e. The van der Waals surface area contributed by atoms with Gasteiger partial charge >= 0.3 is 0 Å². The summed E-state index contributed by atoms with van der Waals surface area (Å²) in [7, 11) is 3.16. The zero-order valence-corrected chi connectivity index (χ0v) is 18.4. The fourth-order valence-corrected chi connectivity index (χ4v) is 4.40. The molecule has 3 aromatic rings. The highest BCUT2D eigenvalue weighted by Crippen LogP contribution is 2.35. The standard InChI is InChI=1S/C22H24N4O4S/c1-22(21(28)23-10-11-29-2)14-25-18(13-17(24-25)19-5-4-12-31-19)20(27)26(22)15-6-8-16(30-3)9-7-15/h4-9,12-13H,10-11,14H2,1-3H3,(H,23,28). The summed E-state index contributed by atoms with van der Waals surface area (Å²) in [6, 6.07) is 12.8. The van der Waals surface area contributed by atoms with Crippen molar-refractivity contribution in [1.82, 2.24) is 15.1 Å². The summed E-state index contributed by atoms with van der Waals surface area (Å²) in [5, 5.41) is 9.47. The minimum atomic E-state index is -1.18. The normalized spacial score (nSPS) is 18.0. The van der Waals surface area contributed by atoms with Crippen LogP contribution in [0, 0.1) is 0 Å². The summed E-state index contributed by atoms with van der Waals surface area (Å²) >= 11 is 1.55. The third kappa shape index (κ3) is 3.82. The Balaban J connectivity index is 1.77. The van der Waals surface area contributed by atoms with E-state index >= 15 is 0 Å². The number of methoxy groups -OCH3 is 2. The summed E-state index contributed by atoms with van der Waals surface area (Å²) in [5.41, 5.74) is 0.601. The van der Waals surface area contributed by atoms with Crippen LogP contribution >= 0.6 is 11.3 Å². The Morgan fingerprint density at radius 2 is 2.03 bits per heavy atom. The van der Waals surface area contributed by atoms with Gasteiger partial charge in [0.1, 0.15) is 22.7 Å². The maximum absolute atomic E-state index is 13.6. The highest BCUT2D eigenvalue weighted by molar-refractivity contribution is 7.13. The van der Waals surface area contributed by atoms with Gasteiger partial charge in [0, 0.05) is 19.3 Å². The van der Waals surface area contributed by atoms with Crippen molar-refractivity contribution in [3.05, 3.63) is 53.5 Å². The highest BCUT2D eigenvalue weighted by Gasteiger charge is 2.48. The van der Waals surface area contributed by atoms with E-state index in [9.17, 15) is 9.59 Å². The molecule has 0 saturated heterocycles. The van der Waals surface area contributed by atoms with Gasteiger partial charge in [0.15, 0.2) is 0 Å². The van der Waals surface area contributed by atoms with Gasteiger partial charge in [-0.2, -0.15) is 5.10 Å². The van der Waals surface area contributed by atoms with Crippen molar-refractivity contribution in [3.63, 3.8) is 0 Å². The Morgan fingerprint density at radius 1 is 1.26 bits per heavy atom. The van der Waals surface area contributed by atoms with E-state index in [0.717, 1.165) is 10.6 Å². The van der Waals surface area contributed by atoms with E-state index in [1.54, 1.807) is 72.4 Å². The quantitative estimate of drug-likeness (QED) is 0.571. The molecule has 1 unspecified atom stereocenters. The molecule has 1 aliphatic heterocycles. The van der Waals surface area contributed by atoms with Crippen LogP contribution in [0.3, 0.4) is 0 Å². The molecule has 1 N–H and O–H groups in total. The molecule has 0 saturated carbocycles. The second-order valence-corrected chi connectivity index (χ2v) is 8.36. The average Bonchev–Trinajstić information content (AvgIpc) is 3.44.